The van der Waals surface area contributed by atoms with Gasteiger partial charge in [0, 0.05) is 17.3 Å². The van der Waals surface area contributed by atoms with Crippen LogP contribution in [-0.2, 0) is 11.8 Å². The van der Waals surface area contributed by atoms with Crippen LogP contribution in [0.2, 0.25) is 0 Å². The molecule has 0 aliphatic heterocycles. The largest absolute Gasteiger partial charge is 0.120 e. The minimum atomic E-state index is -0.0512. The molecule has 0 heteroatoms. The molecule has 2 aromatic rings. The predicted octanol–water partition coefficient (Wildman–Crippen LogP) is 26.0. The van der Waals surface area contributed by atoms with E-state index in [1.807, 2.05) is 86.6 Å². The molecule has 3 aliphatic rings. The van der Waals surface area contributed by atoms with Crippen molar-refractivity contribution >= 4 is 11.1 Å². The highest BCUT2D eigenvalue weighted by atomic mass is 14.4. The Bertz CT molecular complexity index is 2630. The quantitative estimate of drug-likeness (QED) is 0.0664. The summed E-state index contributed by atoms with van der Waals surface area (Å²) in [5, 5.41) is 0. The third-order valence-corrected chi connectivity index (χ3v) is 13.4. The molecule has 0 nitrogen and oxygen atoms in total. The van der Waals surface area contributed by atoms with Crippen LogP contribution in [0.5, 0.6) is 0 Å². The SMILES string of the molecule is C#CC/C(=C\C=C(C)C)C/C=C(\C=C/CC)c1ccc(CCC2=C(/C=C/C=C\C(C)/C(C=C)=C/C=C)C(C)(C)c3ccccc32)cc1.C1=CCCC=C1.C=CC.C=CC1=C(/C=C\CC)C(CC)=C(/C=C\C)C1(C)C.CC.CC.CC.CC. The second-order valence-electron chi connectivity index (χ2n) is 20.1. The molecular formula is C82H118. The number of rotatable bonds is 21. The highest BCUT2D eigenvalue weighted by Crippen LogP contribution is 2.50. The van der Waals surface area contributed by atoms with Crippen LogP contribution in [0.4, 0.5) is 0 Å². The third kappa shape index (κ3) is 27.9. The fraction of sp³-hybridized carbons (Fsp3) is 0.390. The van der Waals surface area contributed by atoms with Gasteiger partial charge in [0.2, 0.25) is 0 Å². The van der Waals surface area contributed by atoms with Gasteiger partial charge in [-0.3, -0.25) is 0 Å². The van der Waals surface area contributed by atoms with Crippen molar-refractivity contribution in [3.8, 4) is 12.3 Å². The van der Waals surface area contributed by atoms with E-state index in [4.69, 9.17) is 6.42 Å². The van der Waals surface area contributed by atoms with Gasteiger partial charge in [0.1, 0.15) is 0 Å². The Kier molecular flexibility index (Phi) is 47.5. The van der Waals surface area contributed by atoms with Gasteiger partial charge in [-0.25, -0.2) is 0 Å². The zero-order valence-electron chi connectivity index (χ0n) is 56.2. The number of allylic oxidation sites excluding steroid dienone is 32. The summed E-state index contributed by atoms with van der Waals surface area (Å²) in [5.74, 6) is 3.10. The second kappa shape index (κ2) is 49.0. The van der Waals surface area contributed by atoms with Crippen molar-refractivity contribution in [1.82, 2.24) is 0 Å². The lowest BCUT2D eigenvalue weighted by molar-refractivity contribution is 0.574. The summed E-state index contributed by atoms with van der Waals surface area (Å²) in [7, 11) is 0. The van der Waals surface area contributed by atoms with E-state index >= 15 is 0 Å². The minimum Gasteiger partial charge on any atom is -0.120 e. The van der Waals surface area contributed by atoms with Crippen LogP contribution in [0, 0.1) is 23.7 Å². The van der Waals surface area contributed by atoms with Gasteiger partial charge in [0.05, 0.1) is 0 Å². The Morgan fingerprint density at radius 2 is 1.27 bits per heavy atom. The number of hydrogen-bond acceptors (Lipinski definition) is 0. The number of hydrogen-bond donors (Lipinski definition) is 0. The van der Waals surface area contributed by atoms with E-state index in [0.29, 0.717) is 6.42 Å². The van der Waals surface area contributed by atoms with E-state index in [1.165, 1.54) is 85.3 Å². The molecule has 0 radical (unpaired) electrons. The van der Waals surface area contributed by atoms with Crippen molar-refractivity contribution in [2.75, 3.05) is 0 Å². The maximum absolute atomic E-state index is 5.67. The van der Waals surface area contributed by atoms with Crippen LogP contribution in [0.1, 0.15) is 212 Å². The smallest absolute Gasteiger partial charge is 0.0302 e. The first-order valence-corrected chi connectivity index (χ1v) is 31.3. The summed E-state index contributed by atoms with van der Waals surface area (Å²) in [5.41, 5.74) is 18.8. The molecular weight excluding hydrogens is 985 g/mol. The van der Waals surface area contributed by atoms with Gasteiger partial charge in [-0.2, -0.15) is 0 Å². The normalized spacial score (nSPS) is 15.1. The summed E-state index contributed by atoms with van der Waals surface area (Å²) in [4.78, 5) is 0. The zero-order valence-corrected chi connectivity index (χ0v) is 56.2. The monoisotopic (exact) mass is 1100 g/mol. The van der Waals surface area contributed by atoms with Gasteiger partial charge >= 0.3 is 0 Å². The molecule has 82 heavy (non-hydrogen) atoms. The van der Waals surface area contributed by atoms with Crippen LogP contribution in [0.15, 0.2) is 253 Å². The van der Waals surface area contributed by atoms with Crippen molar-refractivity contribution < 1.29 is 0 Å². The second-order valence-corrected chi connectivity index (χ2v) is 20.1. The first-order chi connectivity index (χ1) is 39.6. The molecule has 0 N–H and O–H groups in total. The van der Waals surface area contributed by atoms with Crippen molar-refractivity contribution in [1.29, 1.82) is 0 Å². The van der Waals surface area contributed by atoms with Crippen LogP contribution in [0.25, 0.3) is 11.1 Å². The fourth-order valence-corrected chi connectivity index (χ4v) is 9.44. The van der Waals surface area contributed by atoms with E-state index in [-0.39, 0.29) is 16.7 Å². The van der Waals surface area contributed by atoms with Gasteiger partial charge in [-0.1, -0.05) is 324 Å². The number of fused-ring (bicyclic) bond motifs is 1. The van der Waals surface area contributed by atoms with E-state index < -0.39 is 0 Å². The molecule has 1 atom stereocenters. The molecule has 0 fully saturated rings. The van der Waals surface area contributed by atoms with Crippen molar-refractivity contribution in [3.63, 3.8) is 0 Å². The molecule has 0 bridgehead atoms. The zero-order chi connectivity index (χ0) is 62.9. The molecule has 446 valence electrons. The Balaban J connectivity index is -0.00000145. The van der Waals surface area contributed by atoms with Crippen molar-refractivity contribution in [3.05, 3.63) is 275 Å². The lowest BCUT2D eigenvalue weighted by Gasteiger charge is -2.24. The van der Waals surface area contributed by atoms with Gasteiger partial charge < -0.3 is 0 Å². The number of benzene rings is 2. The molecule has 0 saturated carbocycles. The average Bonchev–Trinajstić information content (AvgIpc) is 3.87. The topological polar surface area (TPSA) is 0 Å². The lowest BCUT2D eigenvalue weighted by Crippen LogP contribution is -2.16. The van der Waals surface area contributed by atoms with E-state index in [1.54, 1.807) is 6.08 Å². The summed E-state index contributed by atoms with van der Waals surface area (Å²) in [6.45, 7) is 57.4. The molecule has 3 aliphatic carbocycles. The van der Waals surface area contributed by atoms with Crippen LogP contribution in [0.3, 0.4) is 0 Å². The molecule has 2 aromatic carbocycles. The number of terminal acetylenes is 1. The maximum atomic E-state index is 5.67. The highest BCUT2D eigenvalue weighted by Gasteiger charge is 2.36. The van der Waals surface area contributed by atoms with Gasteiger partial charge in [-0.15, -0.1) is 18.9 Å². The Morgan fingerprint density at radius 1 is 0.683 bits per heavy atom. The summed E-state index contributed by atoms with van der Waals surface area (Å²) in [6.07, 6.45) is 61.8. The van der Waals surface area contributed by atoms with Gasteiger partial charge in [-0.05, 0) is 152 Å². The molecule has 5 rings (SSSR count). The Morgan fingerprint density at radius 3 is 1.76 bits per heavy atom. The minimum absolute atomic E-state index is 0.0512. The van der Waals surface area contributed by atoms with Gasteiger partial charge in [0.25, 0.3) is 0 Å². The van der Waals surface area contributed by atoms with Crippen LogP contribution in [-0.4, -0.2) is 0 Å². The lowest BCUT2D eigenvalue weighted by atomic mass is 9.80. The molecule has 0 amide bonds. The summed E-state index contributed by atoms with van der Waals surface area (Å²) >= 11 is 0. The van der Waals surface area contributed by atoms with Crippen molar-refractivity contribution in [2.24, 2.45) is 11.3 Å². The molecule has 0 aromatic heterocycles. The Labute approximate surface area is 509 Å². The standard InChI is InChI=1S/C47H54.C18H26.C6H8.C3H6.4C2H6/c1-10-14-22-41(32-28-38(19-11-2)27-26-36(5)6)42-33-29-39(30-34-42)31-35-44-43-23-16-18-25-45(43)47(8,9)46(44)24-17-15-21-37(7)40(13-4)20-12-3;1-7-11-13-15-14(9-3)17(12-8-2)18(5,6)16(15)10-4;1-2-4-6-5-3-1;1-3-2;4*1-2/h2,12-18,20-27,29-30,32-34,37H,3-4,10,19,28,31,35H2,1,5-9H3;8,10-13H,4,7,9H2,1-3,5-6H3;1-4H,5-6H2;3H,1H2,2H3;4*1-2H3/b21-15-,22-14-,24-17+,38-27+,40-20+,41-32+;12-8-,13-11-;;;;;;. The first-order valence-electron chi connectivity index (χ1n) is 31.3. The Hall–Kier alpha value is -6.68. The van der Waals surface area contributed by atoms with E-state index in [9.17, 15) is 0 Å². The first kappa shape index (κ1) is 79.5. The van der Waals surface area contributed by atoms with Crippen molar-refractivity contribution in [2.45, 2.75) is 202 Å². The predicted molar refractivity (Wildman–Crippen MR) is 381 cm³/mol. The fourth-order valence-electron chi connectivity index (χ4n) is 9.44. The maximum Gasteiger partial charge on any atom is 0.0302 e. The summed E-state index contributed by atoms with van der Waals surface area (Å²) < 4.78 is 0. The van der Waals surface area contributed by atoms with Crippen LogP contribution >= 0.6 is 0 Å². The molecule has 1 unspecified atom stereocenters. The number of aryl methyl sites for hydroxylation is 1. The van der Waals surface area contributed by atoms with E-state index in [2.05, 4.69) is 260 Å². The summed E-state index contributed by atoms with van der Waals surface area (Å²) in [6, 6.07) is 18.1. The van der Waals surface area contributed by atoms with Gasteiger partial charge in [0.15, 0.2) is 0 Å². The molecule has 0 heterocycles. The molecule has 0 saturated heterocycles. The third-order valence-electron chi connectivity index (χ3n) is 13.4. The molecule has 0 spiro atoms. The van der Waals surface area contributed by atoms with Crippen LogP contribution < -0.4 is 0 Å². The van der Waals surface area contributed by atoms with E-state index in [0.717, 1.165) is 44.1 Å². The highest BCUT2D eigenvalue weighted by molar-refractivity contribution is 5.82. The average molecular weight is 1100 g/mol.